The Morgan fingerprint density at radius 2 is 1.77 bits per heavy atom. The number of aromatic nitrogens is 1. The summed E-state index contributed by atoms with van der Waals surface area (Å²) >= 11 is 3.44. The molecule has 0 N–H and O–H groups in total. The summed E-state index contributed by atoms with van der Waals surface area (Å²) in [5, 5.41) is 0. The largest absolute Gasteiger partial charge is 0.450 e. The van der Waals surface area contributed by atoms with Gasteiger partial charge in [0.25, 0.3) is 5.56 Å². The summed E-state index contributed by atoms with van der Waals surface area (Å²) < 4.78 is 8.45. The highest BCUT2D eigenvalue weighted by atomic mass is 79.9. The zero-order chi connectivity index (χ0) is 15.9. The van der Waals surface area contributed by atoms with Crippen molar-refractivity contribution in [3.63, 3.8) is 0 Å². The Labute approximate surface area is 138 Å². The van der Waals surface area contributed by atoms with Gasteiger partial charge in [0, 0.05) is 19.3 Å². The van der Waals surface area contributed by atoms with Gasteiger partial charge in [0.15, 0.2) is 0 Å². The second-order valence-electron chi connectivity index (χ2n) is 5.90. The van der Waals surface area contributed by atoms with Crippen LogP contribution in [0.5, 0.6) is 11.5 Å². The number of halogens is 1. The Morgan fingerprint density at radius 3 is 2.36 bits per heavy atom. The number of ether oxygens (including phenoxy) is 1. The molecule has 1 fully saturated rings. The van der Waals surface area contributed by atoms with Gasteiger partial charge in [0.05, 0.1) is 10.5 Å². The molecule has 116 valence electrons. The zero-order valence-electron chi connectivity index (χ0n) is 13.0. The van der Waals surface area contributed by atoms with E-state index in [-0.39, 0.29) is 11.6 Å². The quantitative estimate of drug-likeness (QED) is 0.837. The second-order valence-corrected chi connectivity index (χ2v) is 6.76. The van der Waals surface area contributed by atoms with Crippen LogP contribution in [-0.2, 0) is 0 Å². The van der Waals surface area contributed by atoms with E-state index in [1.54, 1.807) is 4.57 Å². The third-order valence-corrected chi connectivity index (χ3v) is 4.70. The molecule has 22 heavy (non-hydrogen) atoms. The first kappa shape index (κ1) is 15.3. The SMILES string of the molecule is Cc1cccc(C)c1Oc1c(Br)ccn(C2CN(C)C2)c1=O. The molecule has 0 atom stereocenters. The van der Waals surface area contributed by atoms with Gasteiger partial charge in [-0.05, 0) is 54.0 Å². The van der Waals surface area contributed by atoms with Gasteiger partial charge in [0.1, 0.15) is 5.75 Å². The molecule has 0 bridgehead atoms. The summed E-state index contributed by atoms with van der Waals surface area (Å²) in [6, 6.07) is 8.06. The normalized spacial score (nSPS) is 15.6. The minimum absolute atomic E-state index is 0.0878. The molecule has 0 spiro atoms. The average molecular weight is 363 g/mol. The number of pyridine rings is 1. The fourth-order valence-corrected chi connectivity index (χ4v) is 3.16. The highest BCUT2D eigenvalue weighted by Gasteiger charge is 2.27. The summed E-state index contributed by atoms with van der Waals surface area (Å²) in [6.45, 7) is 5.76. The maximum absolute atomic E-state index is 12.7. The van der Waals surface area contributed by atoms with E-state index >= 15 is 0 Å². The molecule has 2 aromatic rings. The monoisotopic (exact) mass is 362 g/mol. The number of para-hydroxylation sites is 1. The van der Waals surface area contributed by atoms with Gasteiger partial charge in [0.2, 0.25) is 5.75 Å². The number of likely N-dealkylation sites (N-methyl/N-ethyl adjacent to an activating group) is 1. The van der Waals surface area contributed by atoms with Crippen LogP contribution in [0.3, 0.4) is 0 Å². The molecule has 3 rings (SSSR count). The average Bonchev–Trinajstić information content (AvgIpc) is 2.43. The molecular weight excluding hydrogens is 344 g/mol. The minimum atomic E-state index is -0.0878. The molecule has 0 aliphatic carbocycles. The molecular formula is C17H19BrN2O2. The first-order chi connectivity index (χ1) is 10.5. The third-order valence-electron chi connectivity index (χ3n) is 4.08. The number of benzene rings is 1. The lowest BCUT2D eigenvalue weighted by atomic mass is 10.1. The topological polar surface area (TPSA) is 34.5 Å². The predicted molar refractivity (Wildman–Crippen MR) is 90.9 cm³/mol. The van der Waals surface area contributed by atoms with E-state index in [1.165, 1.54) is 0 Å². The van der Waals surface area contributed by atoms with Crippen molar-refractivity contribution in [3.8, 4) is 11.5 Å². The van der Waals surface area contributed by atoms with E-state index in [0.717, 1.165) is 30.0 Å². The standard InChI is InChI=1S/C17H19BrN2O2/c1-11-5-4-6-12(2)15(11)22-16-14(18)7-8-20(17(16)21)13-9-19(3)10-13/h4-8,13H,9-10H2,1-3H3. The molecule has 1 aliphatic rings. The van der Waals surface area contributed by atoms with E-state index in [4.69, 9.17) is 4.74 Å². The first-order valence-electron chi connectivity index (χ1n) is 7.30. The van der Waals surface area contributed by atoms with Crippen molar-refractivity contribution in [1.29, 1.82) is 0 Å². The second kappa shape index (κ2) is 5.89. The summed E-state index contributed by atoms with van der Waals surface area (Å²) in [7, 11) is 2.05. The molecule has 5 heteroatoms. The van der Waals surface area contributed by atoms with Crippen LogP contribution < -0.4 is 10.3 Å². The van der Waals surface area contributed by atoms with Gasteiger partial charge in [-0.2, -0.15) is 0 Å². The number of rotatable bonds is 3. The van der Waals surface area contributed by atoms with Gasteiger partial charge in [-0.15, -0.1) is 0 Å². The fraction of sp³-hybridized carbons (Fsp3) is 0.353. The van der Waals surface area contributed by atoms with E-state index < -0.39 is 0 Å². The number of hydrogen-bond donors (Lipinski definition) is 0. The number of aryl methyl sites for hydroxylation is 2. The molecule has 4 nitrogen and oxygen atoms in total. The van der Waals surface area contributed by atoms with Crippen LogP contribution in [-0.4, -0.2) is 29.6 Å². The Bertz CT molecular complexity index is 743. The predicted octanol–water partition coefficient (Wildman–Crippen LogP) is 3.51. The van der Waals surface area contributed by atoms with Crippen LogP contribution in [0.25, 0.3) is 0 Å². The van der Waals surface area contributed by atoms with Crippen LogP contribution in [0.2, 0.25) is 0 Å². The lowest BCUT2D eigenvalue weighted by molar-refractivity contribution is 0.137. The maximum Gasteiger partial charge on any atom is 0.295 e. The van der Waals surface area contributed by atoms with Gasteiger partial charge < -0.3 is 14.2 Å². The van der Waals surface area contributed by atoms with Crippen molar-refractivity contribution in [2.45, 2.75) is 19.9 Å². The van der Waals surface area contributed by atoms with Gasteiger partial charge in [-0.1, -0.05) is 18.2 Å². The third kappa shape index (κ3) is 2.71. The van der Waals surface area contributed by atoms with E-state index in [0.29, 0.717) is 10.2 Å². The molecule has 1 aromatic heterocycles. The van der Waals surface area contributed by atoms with Crippen LogP contribution in [0.1, 0.15) is 17.2 Å². The molecule has 1 aromatic carbocycles. The van der Waals surface area contributed by atoms with Crippen LogP contribution in [0.4, 0.5) is 0 Å². The molecule has 0 amide bonds. The van der Waals surface area contributed by atoms with Gasteiger partial charge in [-0.3, -0.25) is 4.79 Å². The summed E-state index contributed by atoms with van der Waals surface area (Å²) in [6.07, 6.45) is 1.83. The molecule has 2 heterocycles. The fourth-order valence-electron chi connectivity index (χ4n) is 2.79. The Morgan fingerprint density at radius 1 is 1.14 bits per heavy atom. The highest BCUT2D eigenvalue weighted by molar-refractivity contribution is 9.10. The lowest BCUT2D eigenvalue weighted by Crippen LogP contribution is -2.47. The van der Waals surface area contributed by atoms with Crippen LogP contribution in [0.15, 0.2) is 39.7 Å². The van der Waals surface area contributed by atoms with E-state index in [9.17, 15) is 4.79 Å². The minimum Gasteiger partial charge on any atom is -0.450 e. The summed E-state index contributed by atoms with van der Waals surface area (Å²) in [5.41, 5.74) is 1.95. The molecule has 1 aliphatic heterocycles. The van der Waals surface area contributed by atoms with Crippen LogP contribution >= 0.6 is 15.9 Å². The Balaban J connectivity index is 2.00. The summed E-state index contributed by atoms with van der Waals surface area (Å²) in [5.74, 6) is 1.11. The van der Waals surface area contributed by atoms with Crippen molar-refractivity contribution >= 4 is 15.9 Å². The van der Waals surface area contributed by atoms with Crippen molar-refractivity contribution in [3.05, 3.63) is 56.4 Å². The van der Waals surface area contributed by atoms with Crippen LogP contribution in [0, 0.1) is 13.8 Å². The Kier molecular flexibility index (Phi) is 4.10. The first-order valence-corrected chi connectivity index (χ1v) is 8.10. The highest BCUT2D eigenvalue weighted by Crippen LogP contribution is 2.31. The molecule has 1 saturated heterocycles. The maximum atomic E-state index is 12.7. The van der Waals surface area contributed by atoms with E-state index in [1.807, 2.05) is 44.3 Å². The molecule has 0 radical (unpaired) electrons. The van der Waals surface area contributed by atoms with Gasteiger partial charge >= 0.3 is 0 Å². The zero-order valence-corrected chi connectivity index (χ0v) is 14.6. The molecule has 0 unspecified atom stereocenters. The number of hydrogen-bond acceptors (Lipinski definition) is 3. The number of likely N-dealkylation sites (tertiary alicyclic amines) is 1. The van der Waals surface area contributed by atoms with Crippen molar-refractivity contribution in [2.75, 3.05) is 20.1 Å². The van der Waals surface area contributed by atoms with E-state index in [2.05, 4.69) is 27.9 Å². The van der Waals surface area contributed by atoms with Gasteiger partial charge in [-0.25, -0.2) is 0 Å². The smallest absolute Gasteiger partial charge is 0.295 e. The van der Waals surface area contributed by atoms with Crippen molar-refractivity contribution in [2.24, 2.45) is 0 Å². The summed E-state index contributed by atoms with van der Waals surface area (Å²) in [4.78, 5) is 14.9. The Hall–Kier alpha value is -1.59. The van der Waals surface area contributed by atoms with Crippen molar-refractivity contribution in [1.82, 2.24) is 9.47 Å². The molecule has 0 saturated carbocycles. The lowest BCUT2D eigenvalue weighted by Gasteiger charge is -2.37. The van der Waals surface area contributed by atoms with Crippen molar-refractivity contribution < 1.29 is 4.74 Å². The number of nitrogens with zero attached hydrogens (tertiary/aromatic N) is 2.